The van der Waals surface area contributed by atoms with E-state index in [0.717, 1.165) is 57.8 Å². The molecule has 0 fully saturated rings. The lowest BCUT2D eigenvalue weighted by Crippen LogP contribution is -1.95. The molecule has 0 spiro atoms. The maximum Gasteiger partial charge on any atom is 0.303 e. The third-order valence-corrected chi connectivity index (χ3v) is 5.34. The van der Waals surface area contributed by atoms with Crippen molar-refractivity contribution in [1.29, 1.82) is 0 Å². The van der Waals surface area contributed by atoms with Gasteiger partial charge in [-0.05, 0) is 38.5 Å². The van der Waals surface area contributed by atoms with Crippen LogP contribution in [0.4, 0.5) is 0 Å². The Morgan fingerprint density at radius 3 is 0.436 bits per heavy atom. The van der Waals surface area contributed by atoms with Crippen LogP contribution in [0.15, 0.2) is 0 Å². The van der Waals surface area contributed by atoms with E-state index < -0.39 is 35.8 Å². The highest BCUT2D eigenvalue weighted by atomic mass is 16.4. The molecule has 0 aromatic carbocycles. The number of aliphatic carboxylic acids is 6. The van der Waals surface area contributed by atoms with Gasteiger partial charge in [-0.3, -0.25) is 28.8 Å². The quantitative estimate of drug-likeness (QED) is 0.0781. The Morgan fingerprint density at radius 2 is 0.333 bits per heavy atom. The lowest BCUT2D eigenvalue weighted by atomic mass is 10.1. The molecule has 0 aromatic rings. The van der Waals surface area contributed by atoms with Gasteiger partial charge in [0.1, 0.15) is 0 Å². The lowest BCUT2D eigenvalue weighted by molar-refractivity contribution is -0.138. The van der Waals surface area contributed by atoms with Gasteiger partial charge in [-0.1, -0.05) is 57.8 Å². The van der Waals surface area contributed by atoms with Gasteiger partial charge in [-0.2, -0.15) is 0 Å². The van der Waals surface area contributed by atoms with E-state index in [4.69, 9.17) is 30.6 Å². The molecule has 39 heavy (non-hydrogen) atoms. The number of hydrogen-bond acceptors (Lipinski definition) is 6. The lowest BCUT2D eigenvalue weighted by Gasteiger charge is -1.97. The number of hydrogen-bond donors (Lipinski definition) is 6. The van der Waals surface area contributed by atoms with Crippen LogP contribution in [-0.4, -0.2) is 66.5 Å². The van der Waals surface area contributed by atoms with E-state index in [-0.39, 0.29) is 38.5 Å². The fraction of sp³-hybridized carbons (Fsp3) is 0.778. The van der Waals surface area contributed by atoms with Crippen molar-refractivity contribution in [1.82, 2.24) is 0 Å². The fourth-order valence-electron chi connectivity index (χ4n) is 3.25. The first kappa shape index (κ1) is 40.3. The van der Waals surface area contributed by atoms with Gasteiger partial charge in [0, 0.05) is 38.5 Å². The third-order valence-electron chi connectivity index (χ3n) is 5.34. The van der Waals surface area contributed by atoms with E-state index in [1.807, 2.05) is 0 Å². The molecule has 0 atom stereocenters. The van der Waals surface area contributed by atoms with Crippen molar-refractivity contribution in [3.05, 3.63) is 0 Å². The molecular weight excluding hydrogens is 516 g/mol. The summed E-state index contributed by atoms with van der Waals surface area (Å²) in [5, 5.41) is 49.9. The highest BCUT2D eigenvalue weighted by molar-refractivity contribution is 5.68. The van der Waals surface area contributed by atoms with Crippen LogP contribution >= 0.6 is 0 Å². The minimum Gasteiger partial charge on any atom is -0.481 e. The maximum atomic E-state index is 10.1. The second-order valence-corrected chi connectivity index (χ2v) is 9.17. The monoisotopic (exact) mass is 564 g/mol. The number of rotatable bonds is 24. The normalized spacial score (nSPS) is 9.85. The van der Waals surface area contributed by atoms with E-state index >= 15 is 0 Å². The Labute approximate surface area is 230 Å². The minimum atomic E-state index is -0.759. The highest BCUT2D eigenvalue weighted by Crippen LogP contribution is 2.08. The van der Waals surface area contributed by atoms with Gasteiger partial charge in [-0.15, -0.1) is 0 Å². The zero-order chi connectivity index (χ0) is 30.3. The van der Waals surface area contributed by atoms with Gasteiger partial charge < -0.3 is 30.6 Å². The Hall–Kier alpha value is -3.18. The maximum absolute atomic E-state index is 10.1. The first-order valence-electron chi connectivity index (χ1n) is 13.7. The van der Waals surface area contributed by atoms with Crippen LogP contribution in [-0.2, 0) is 28.8 Å². The zero-order valence-electron chi connectivity index (χ0n) is 23.0. The summed E-state index contributed by atoms with van der Waals surface area (Å²) in [5.41, 5.74) is 0. The standard InChI is InChI=1S/3C9H16O4/c3*10-8(11)6-4-2-1-3-5-7-9(12)13/h3*1-7H2,(H,10,11)(H,12,13). The predicted molar refractivity (Wildman–Crippen MR) is 143 cm³/mol. The van der Waals surface area contributed by atoms with Gasteiger partial charge in [0.15, 0.2) is 0 Å². The molecule has 0 bridgehead atoms. The Morgan fingerprint density at radius 1 is 0.231 bits per heavy atom. The molecule has 12 nitrogen and oxygen atoms in total. The molecule has 6 N–H and O–H groups in total. The summed E-state index contributed by atoms with van der Waals surface area (Å²) in [5.74, 6) is -4.55. The minimum absolute atomic E-state index is 0.221. The van der Waals surface area contributed by atoms with Crippen molar-refractivity contribution in [2.45, 2.75) is 135 Å². The van der Waals surface area contributed by atoms with E-state index in [0.29, 0.717) is 38.5 Å². The topological polar surface area (TPSA) is 224 Å². The van der Waals surface area contributed by atoms with Crippen molar-refractivity contribution < 1.29 is 59.4 Å². The van der Waals surface area contributed by atoms with E-state index in [2.05, 4.69) is 0 Å². The molecule has 0 aliphatic heterocycles. The first-order chi connectivity index (χ1) is 18.4. The van der Waals surface area contributed by atoms with Crippen molar-refractivity contribution >= 4 is 35.8 Å². The molecule has 12 heteroatoms. The third kappa shape index (κ3) is 52.1. The molecule has 0 rings (SSSR count). The summed E-state index contributed by atoms with van der Waals surface area (Å²) in [4.78, 5) is 60.6. The Bertz CT molecular complexity index is 531. The summed E-state index contributed by atoms with van der Waals surface area (Å²) >= 11 is 0. The van der Waals surface area contributed by atoms with Crippen molar-refractivity contribution in [2.75, 3.05) is 0 Å². The van der Waals surface area contributed by atoms with Crippen molar-refractivity contribution in [3.63, 3.8) is 0 Å². The largest absolute Gasteiger partial charge is 0.481 e. The SMILES string of the molecule is O=C(O)CCCCCCCC(=O)O.O=C(O)CCCCCCCC(=O)O.O=C(O)CCCCCCCC(=O)O. The van der Waals surface area contributed by atoms with Crippen LogP contribution < -0.4 is 0 Å². The fourth-order valence-corrected chi connectivity index (χ4v) is 3.25. The number of carboxylic acid groups (broad SMARTS) is 6. The van der Waals surface area contributed by atoms with Gasteiger partial charge in [-0.25, -0.2) is 0 Å². The number of carboxylic acids is 6. The summed E-state index contributed by atoms with van der Waals surface area (Å²) in [7, 11) is 0. The molecule has 0 radical (unpaired) electrons. The molecule has 0 saturated carbocycles. The van der Waals surface area contributed by atoms with Crippen molar-refractivity contribution in [3.8, 4) is 0 Å². The van der Waals surface area contributed by atoms with Gasteiger partial charge >= 0.3 is 35.8 Å². The zero-order valence-corrected chi connectivity index (χ0v) is 23.0. The molecule has 0 aliphatic rings. The van der Waals surface area contributed by atoms with Crippen LogP contribution in [0.3, 0.4) is 0 Å². The smallest absolute Gasteiger partial charge is 0.303 e. The summed E-state index contributed by atoms with van der Waals surface area (Å²) in [6.07, 6.45) is 13.6. The summed E-state index contributed by atoms with van der Waals surface area (Å²) < 4.78 is 0. The number of unbranched alkanes of at least 4 members (excludes halogenated alkanes) is 12. The Balaban J connectivity index is -0.000000498. The molecule has 0 aromatic heterocycles. The number of carbonyl (C=O) groups is 6. The highest BCUT2D eigenvalue weighted by Gasteiger charge is 2.00. The van der Waals surface area contributed by atoms with Crippen LogP contribution in [0.1, 0.15) is 135 Å². The van der Waals surface area contributed by atoms with Crippen molar-refractivity contribution in [2.24, 2.45) is 0 Å². The first-order valence-corrected chi connectivity index (χ1v) is 13.7. The Kier molecular flexibility index (Phi) is 32.1. The van der Waals surface area contributed by atoms with E-state index in [1.54, 1.807) is 0 Å². The molecule has 0 amide bonds. The summed E-state index contributed by atoms with van der Waals surface area (Å²) in [6.45, 7) is 0. The van der Waals surface area contributed by atoms with Crippen LogP contribution in [0.2, 0.25) is 0 Å². The average Bonchev–Trinajstić information content (AvgIpc) is 2.82. The second kappa shape index (κ2) is 31.0. The molecule has 0 saturated heterocycles. The van der Waals surface area contributed by atoms with Crippen LogP contribution in [0.5, 0.6) is 0 Å². The second-order valence-electron chi connectivity index (χ2n) is 9.17. The molecule has 0 unspecified atom stereocenters. The molecule has 228 valence electrons. The molecule has 0 heterocycles. The van der Waals surface area contributed by atoms with E-state index in [1.165, 1.54) is 0 Å². The van der Waals surface area contributed by atoms with Crippen LogP contribution in [0.25, 0.3) is 0 Å². The van der Waals surface area contributed by atoms with Gasteiger partial charge in [0.05, 0.1) is 0 Å². The molecule has 0 aliphatic carbocycles. The average molecular weight is 565 g/mol. The van der Waals surface area contributed by atoms with Gasteiger partial charge in [0.25, 0.3) is 0 Å². The van der Waals surface area contributed by atoms with Gasteiger partial charge in [0.2, 0.25) is 0 Å². The van der Waals surface area contributed by atoms with E-state index in [9.17, 15) is 28.8 Å². The predicted octanol–water partition coefficient (Wildman–Crippen LogP) is 5.66. The molecular formula is C27H48O12. The summed E-state index contributed by atoms with van der Waals surface area (Å²) in [6, 6.07) is 0. The van der Waals surface area contributed by atoms with Crippen LogP contribution in [0, 0.1) is 0 Å².